The molecule has 0 rings (SSSR count). The first kappa shape index (κ1) is 35.7. The van der Waals surface area contributed by atoms with Gasteiger partial charge in [-0.3, -0.25) is 0 Å². The van der Waals surface area contributed by atoms with Gasteiger partial charge in [-0.2, -0.15) is 0 Å². The molecule has 0 aliphatic heterocycles. The monoisotopic (exact) mass is 452 g/mol. The van der Waals surface area contributed by atoms with Crippen molar-refractivity contribution >= 4 is 5.97 Å². The van der Waals surface area contributed by atoms with Gasteiger partial charge < -0.3 is 14.6 Å². The standard InChI is InChI=1S/C24H50O.C2H4O2.K/c1-3-5-7-9-11-13-15-17-19-21-23-25-24-22-20-18-16-14-12-10-8-6-4-2;1-2(3)4;/h3-24H2,1-2H3;1H3,(H,3,4);/q;;+1/p-1. The third kappa shape index (κ3) is 43.0. The topological polar surface area (TPSA) is 49.4 Å². The van der Waals surface area contributed by atoms with Gasteiger partial charge in [0.2, 0.25) is 0 Å². The number of aliphatic carboxylic acids is 1. The Balaban J connectivity index is -0.00000133. The van der Waals surface area contributed by atoms with Crippen molar-refractivity contribution in [3.63, 3.8) is 0 Å². The van der Waals surface area contributed by atoms with E-state index in [1.165, 1.54) is 128 Å². The van der Waals surface area contributed by atoms with Crippen molar-refractivity contribution in [1.82, 2.24) is 0 Å². The molecule has 0 radical (unpaired) electrons. The van der Waals surface area contributed by atoms with Gasteiger partial charge in [0.25, 0.3) is 0 Å². The Hall–Kier alpha value is 1.07. The number of hydrogen-bond donors (Lipinski definition) is 0. The largest absolute Gasteiger partial charge is 1.00 e. The summed E-state index contributed by atoms with van der Waals surface area (Å²) in [5, 5.41) is 8.89. The van der Waals surface area contributed by atoms with Crippen LogP contribution in [0.15, 0.2) is 0 Å². The summed E-state index contributed by atoms with van der Waals surface area (Å²) < 4.78 is 5.78. The van der Waals surface area contributed by atoms with E-state index in [-0.39, 0.29) is 51.4 Å². The number of hydrogen-bond acceptors (Lipinski definition) is 3. The molecule has 0 fully saturated rings. The molecular weight excluding hydrogens is 399 g/mol. The molecule has 0 unspecified atom stereocenters. The second-order valence-electron chi connectivity index (χ2n) is 8.47. The minimum Gasteiger partial charge on any atom is -0.550 e. The summed E-state index contributed by atoms with van der Waals surface area (Å²) in [7, 11) is 0. The van der Waals surface area contributed by atoms with Crippen molar-refractivity contribution in [1.29, 1.82) is 0 Å². The quantitative estimate of drug-likeness (QED) is 0.178. The fraction of sp³-hybridized carbons (Fsp3) is 0.962. The predicted molar refractivity (Wildman–Crippen MR) is 125 cm³/mol. The van der Waals surface area contributed by atoms with Crippen LogP contribution in [-0.2, 0) is 9.53 Å². The van der Waals surface area contributed by atoms with Crippen LogP contribution in [0.1, 0.15) is 149 Å². The van der Waals surface area contributed by atoms with Crippen molar-refractivity contribution in [2.75, 3.05) is 13.2 Å². The SMILES string of the molecule is CC(=O)[O-].CCCCCCCCCCCCOCCCCCCCCCCCC.[K+]. The first-order valence-electron chi connectivity index (χ1n) is 12.9. The zero-order valence-electron chi connectivity index (χ0n) is 21.3. The molecule has 0 aliphatic carbocycles. The molecule has 0 aromatic heterocycles. The van der Waals surface area contributed by atoms with Crippen LogP contribution in [0.5, 0.6) is 0 Å². The second kappa shape index (κ2) is 34.7. The molecule has 0 saturated carbocycles. The number of ether oxygens (including phenoxy) is 1. The van der Waals surface area contributed by atoms with Crippen LogP contribution in [0.25, 0.3) is 0 Å². The third-order valence-electron chi connectivity index (χ3n) is 5.28. The van der Waals surface area contributed by atoms with E-state index in [0.29, 0.717) is 0 Å². The maximum absolute atomic E-state index is 8.89. The summed E-state index contributed by atoms with van der Waals surface area (Å²) >= 11 is 0. The predicted octanol–water partition coefficient (Wildman–Crippen LogP) is 4.61. The fourth-order valence-electron chi connectivity index (χ4n) is 3.49. The summed E-state index contributed by atoms with van der Waals surface area (Å²) in [6.07, 6.45) is 28.2. The van der Waals surface area contributed by atoms with Gasteiger partial charge in [-0.1, -0.05) is 129 Å². The Morgan fingerprint density at radius 1 is 0.533 bits per heavy atom. The number of unbranched alkanes of at least 4 members (excludes halogenated alkanes) is 18. The molecule has 30 heavy (non-hydrogen) atoms. The maximum atomic E-state index is 8.89. The van der Waals surface area contributed by atoms with E-state index >= 15 is 0 Å². The Morgan fingerprint density at radius 3 is 0.967 bits per heavy atom. The van der Waals surface area contributed by atoms with Gasteiger partial charge >= 0.3 is 51.4 Å². The van der Waals surface area contributed by atoms with Gasteiger partial charge in [0.05, 0.1) is 0 Å². The smallest absolute Gasteiger partial charge is 0.550 e. The van der Waals surface area contributed by atoms with E-state index in [0.717, 1.165) is 20.1 Å². The van der Waals surface area contributed by atoms with Crippen molar-refractivity contribution in [2.45, 2.75) is 149 Å². The molecular formula is C26H53KO3. The average Bonchev–Trinajstić information content (AvgIpc) is 2.69. The second-order valence-corrected chi connectivity index (χ2v) is 8.47. The Labute approximate surface area is 232 Å². The zero-order valence-corrected chi connectivity index (χ0v) is 24.4. The van der Waals surface area contributed by atoms with Crippen LogP contribution >= 0.6 is 0 Å². The minimum atomic E-state index is -1.08. The van der Waals surface area contributed by atoms with Crippen LogP contribution in [-0.4, -0.2) is 19.2 Å². The molecule has 0 aromatic rings. The van der Waals surface area contributed by atoms with E-state index in [1.54, 1.807) is 0 Å². The summed E-state index contributed by atoms with van der Waals surface area (Å²) in [4.78, 5) is 8.89. The molecule has 0 atom stereocenters. The third-order valence-corrected chi connectivity index (χ3v) is 5.28. The van der Waals surface area contributed by atoms with E-state index in [4.69, 9.17) is 14.6 Å². The van der Waals surface area contributed by atoms with E-state index in [1.807, 2.05) is 0 Å². The molecule has 0 N–H and O–H groups in total. The van der Waals surface area contributed by atoms with Gasteiger partial charge in [0.15, 0.2) is 0 Å². The van der Waals surface area contributed by atoms with E-state index in [9.17, 15) is 0 Å². The number of carboxylic acid groups (broad SMARTS) is 1. The molecule has 0 aromatic carbocycles. The van der Waals surface area contributed by atoms with Gasteiger partial charge in [-0.25, -0.2) is 0 Å². The van der Waals surface area contributed by atoms with E-state index in [2.05, 4.69) is 13.8 Å². The minimum absolute atomic E-state index is 0. The molecule has 176 valence electrons. The Kier molecular flexibility index (Phi) is 41.2. The van der Waals surface area contributed by atoms with Crippen LogP contribution < -0.4 is 56.5 Å². The Morgan fingerprint density at radius 2 is 0.733 bits per heavy atom. The first-order valence-corrected chi connectivity index (χ1v) is 12.9. The molecule has 0 bridgehead atoms. The fourth-order valence-corrected chi connectivity index (χ4v) is 3.49. The van der Waals surface area contributed by atoms with E-state index < -0.39 is 5.97 Å². The number of carboxylic acids is 1. The van der Waals surface area contributed by atoms with Crippen LogP contribution in [0, 0.1) is 0 Å². The van der Waals surface area contributed by atoms with Crippen molar-refractivity contribution in [2.24, 2.45) is 0 Å². The van der Waals surface area contributed by atoms with Crippen LogP contribution in [0.3, 0.4) is 0 Å². The zero-order chi connectivity index (χ0) is 21.8. The molecule has 0 saturated heterocycles. The molecule has 3 nitrogen and oxygen atoms in total. The van der Waals surface area contributed by atoms with Gasteiger partial charge in [-0.15, -0.1) is 0 Å². The molecule has 0 heterocycles. The van der Waals surface area contributed by atoms with Gasteiger partial charge in [-0.05, 0) is 19.8 Å². The van der Waals surface area contributed by atoms with Crippen molar-refractivity contribution in [3.8, 4) is 0 Å². The molecule has 0 amide bonds. The first-order chi connectivity index (χ1) is 14.1. The normalized spacial score (nSPS) is 10.2. The van der Waals surface area contributed by atoms with Crippen molar-refractivity contribution < 1.29 is 66.0 Å². The Bertz CT molecular complexity index is 272. The molecule has 0 aliphatic rings. The summed E-state index contributed by atoms with van der Waals surface area (Å²) in [6.45, 7) is 7.54. The number of carbonyl (C=O) groups is 1. The molecule has 0 spiro atoms. The molecule has 4 heteroatoms. The number of rotatable bonds is 22. The summed E-state index contributed by atoms with van der Waals surface area (Å²) in [6, 6.07) is 0. The maximum Gasteiger partial charge on any atom is 1.00 e. The summed E-state index contributed by atoms with van der Waals surface area (Å²) in [5.41, 5.74) is 0. The van der Waals surface area contributed by atoms with Gasteiger partial charge in [0.1, 0.15) is 0 Å². The summed E-state index contributed by atoms with van der Waals surface area (Å²) in [5.74, 6) is -1.08. The van der Waals surface area contributed by atoms with Crippen LogP contribution in [0.4, 0.5) is 0 Å². The van der Waals surface area contributed by atoms with Crippen LogP contribution in [0.2, 0.25) is 0 Å². The van der Waals surface area contributed by atoms with Gasteiger partial charge in [0, 0.05) is 19.2 Å². The van der Waals surface area contributed by atoms with Crippen molar-refractivity contribution in [3.05, 3.63) is 0 Å². The average molecular weight is 453 g/mol. The number of carbonyl (C=O) groups excluding carboxylic acids is 1.